The van der Waals surface area contributed by atoms with Gasteiger partial charge in [-0.3, -0.25) is 10.1 Å². The first kappa shape index (κ1) is 27.4. The molecule has 0 aliphatic rings. The fourth-order valence-corrected chi connectivity index (χ4v) is 4.18. The maximum absolute atomic E-state index is 14.7. The van der Waals surface area contributed by atoms with Crippen LogP contribution in [0.25, 0.3) is 0 Å². The van der Waals surface area contributed by atoms with Gasteiger partial charge in [0.2, 0.25) is 0 Å². The van der Waals surface area contributed by atoms with Crippen molar-refractivity contribution in [3.8, 4) is 17.2 Å². The van der Waals surface area contributed by atoms with Crippen molar-refractivity contribution >= 4 is 28.9 Å². The van der Waals surface area contributed by atoms with Crippen LogP contribution in [0.4, 0.5) is 15.8 Å². The van der Waals surface area contributed by atoms with E-state index in [0.29, 0.717) is 40.6 Å². The average Bonchev–Trinajstić information content (AvgIpc) is 2.90. The molecule has 10 heteroatoms. The number of carbonyl (C=O) groups is 1. The topological polar surface area (TPSA) is 102 Å². The Hall–Kier alpha value is -4.63. The van der Waals surface area contributed by atoms with Gasteiger partial charge in [0, 0.05) is 41.5 Å². The molecule has 0 aliphatic carbocycles. The lowest BCUT2D eigenvalue weighted by atomic mass is 10.1. The zero-order chi connectivity index (χ0) is 27.9. The van der Waals surface area contributed by atoms with Gasteiger partial charge in [0.1, 0.15) is 23.1 Å². The Morgan fingerprint density at radius 1 is 0.974 bits per heavy atom. The minimum atomic E-state index is -1.08. The molecule has 8 nitrogen and oxygen atoms in total. The maximum atomic E-state index is 14.7. The molecule has 0 saturated heterocycles. The molecular weight excluding hydrogens is 527 g/mol. The Bertz CT molecular complexity index is 1500. The van der Waals surface area contributed by atoms with Crippen LogP contribution in [-0.2, 0) is 17.9 Å². The normalized spacial score (nSPS) is 10.6. The lowest BCUT2D eigenvalue weighted by Crippen LogP contribution is -2.23. The van der Waals surface area contributed by atoms with Crippen LogP contribution in [0.5, 0.6) is 17.2 Å². The number of nitro groups is 1. The number of hydrogen-bond acceptors (Lipinski definition) is 6. The third kappa shape index (κ3) is 7.24. The quantitative estimate of drug-likeness (QED) is 0.156. The van der Waals surface area contributed by atoms with Crippen molar-refractivity contribution in [1.82, 2.24) is 0 Å². The Labute approximate surface area is 228 Å². The number of hydrogen-bond donors (Lipinski definition) is 1. The molecule has 0 aromatic heterocycles. The SMILES string of the molecule is Cc1c(N(Cc2ccc(Oc3cccc(OCC(=O)O)c3)cc2)Cc2ccc(Cl)cc2F)cccc1[N+](=O)[O-]. The second kappa shape index (κ2) is 12.3. The standard InChI is InChI=1S/C29H24ClFN2O6/c1-19-27(6-3-7-28(19)33(36)37)32(17-21-10-11-22(30)14-26(21)31)16-20-8-12-23(13-9-20)39-25-5-2-4-24(15-25)38-18-29(34)35/h2-15H,16-18H2,1H3,(H,34,35). The number of aliphatic carboxylic acids is 1. The first-order valence-corrected chi connectivity index (χ1v) is 12.2. The highest BCUT2D eigenvalue weighted by Crippen LogP contribution is 2.32. The maximum Gasteiger partial charge on any atom is 0.341 e. The first-order chi connectivity index (χ1) is 18.7. The van der Waals surface area contributed by atoms with Crippen molar-refractivity contribution in [3.05, 3.63) is 123 Å². The van der Waals surface area contributed by atoms with Gasteiger partial charge in [-0.05, 0) is 55.0 Å². The van der Waals surface area contributed by atoms with Crippen molar-refractivity contribution in [3.63, 3.8) is 0 Å². The molecule has 0 aliphatic heterocycles. The Balaban J connectivity index is 1.56. The van der Waals surface area contributed by atoms with E-state index in [9.17, 15) is 19.3 Å². The van der Waals surface area contributed by atoms with Crippen LogP contribution in [0.3, 0.4) is 0 Å². The number of anilines is 1. The summed E-state index contributed by atoms with van der Waals surface area (Å²) in [5, 5.41) is 20.6. The fourth-order valence-electron chi connectivity index (χ4n) is 4.03. The van der Waals surface area contributed by atoms with Crippen LogP contribution in [0.2, 0.25) is 5.02 Å². The van der Waals surface area contributed by atoms with E-state index in [1.54, 1.807) is 67.6 Å². The largest absolute Gasteiger partial charge is 0.482 e. The molecule has 0 amide bonds. The van der Waals surface area contributed by atoms with Gasteiger partial charge in [0.15, 0.2) is 6.61 Å². The minimum absolute atomic E-state index is 0.0209. The summed E-state index contributed by atoms with van der Waals surface area (Å²) in [7, 11) is 0. The van der Waals surface area contributed by atoms with Crippen molar-refractivity contribution in [2.24, 2.45) is 0 Å². The summed E-state index contributed by atoms with van der Waals surface area (Å²) >= 11 is 5.92. The van der Waals surface area contributed by atoms with E-state index in [1.165, 1.54) is 12.1 Å². The smallest absolute Gasteiger partial charge is 0.341 e. The molecule has 4 aromatic rings. The van der Waals surface area contributed by atoms with Gasteiger partial charge in [-0.1, -0.05) is 41.9 Å². The van der Waals surface area contributed by atoms with Crippen LogP contribution in [0, 0.1) is 22.9 Å². The molecule has 39 heavy (non-hydrogen) atoms. The average molecular weight is 551 g/mol. The third-order valence-corrected chi connectivity index (χ3v) is 6.13. The zero-order valence-electron chi connectivity index (χ0n) is 20.8. The second-order valence-corrected chi connectivity index (χ2v) is 9.11. The number of halogens is 2. The van der Waals surface area contributed by atoms with Gasteiger partial charge in [-0.2, -0.15) is 0 Å². The van der Waals surface area contributed by atoms with Gasteiger partial charge in [-0.25, -0.2) is 9.18 Å². The molecule has 1 N–H and O–H groups in total. The molecule has 0 radical (unpaired) electrons. The van der Waals surface area contributed by atoms with Crippen LogP contribution in [0.1, 0.15) is 16.7 Å². The third-order valence-electron chi connectivity index (χ3n) is 5.89. The van der Waals surface area contributed by atoms with Gasteiger partial charge in [-0.15, -0.1) is 0 Å². The van der Waals surface area contributed by atoms with E-state index in [4.69, 9.17) is 26.2 Å². The number of carboxylic acid groups (broad SMARTS) is 1. The lowest BCUT2D eigenvalue weighted by Gasteiger charge is -2.27. The highest BCUT2D eigenvalue weighted by molar-refractivity contribution is 6.30. The van der Waals surface area contributed by atoms with Gasteiger partial charge in [0.05, 0.1) is 10.5 Å². The Morgan fingerprint density at radius 3 is 2.38 bits per heavy atom. The van der Waals surface area contributed by atoms with E-state index in [1.807, 2.05) is 17.0 Å². The summed E-state index contributed by atoms with van der Waals surface area (Å²) in [5.41, 5.74) is 2.32. The number of nitro benzene ring substituents is 1. The molecule has 4 rings (SSSR count). The van der Waals surface area contributed by atoms with Crippen LogP contribution < -0.4 is 14.4 Å². The molecule has 4 aromatic carbocycles. The molecular formula is C29H24ClFN2O6. The van der Waals surface area contributed by atoms with Crippen LogP contribution >= 0.6 is 11.6 Å². The number of carboxylic acids is 1. The minimum Gasteiger partial charge on any atom is -0.482 e. The second-order valence-electron chi connectivity index (χ2n) is 8.67. The predicted molar refractivity (Wildman–Crippen MR) is 145 cm³/mol. The fraction of sp³-hybridized carbons (Fsp3) is 0.138. The van der Waals surface area contributed by atoms with Crippen LogP contribution in [-0.4, -0.2) is 22.6 Å². The summed E-state index contributed by atoms with van der Waals surface area (Å²) in [6, 6.07) is 23.1. The summed E-state index contributed by atoms with van der Waals surface area (Å²) < 4.78 is 25.7. The highest BCUT2D eigenvalue weighted by atomic mass is 35.5. The summed E-state index contributed by atoms with van der Waals surface area (Å²) in [5.74, 6) is -0.170. The molecule has 200 valence electrons. The molecule has 0 unspecified atom stereocenters. The lowest BCUT2D eigenvalue weighted by molar-refractivity contribution is -0.385. The zero-order valence-corrected chi connectivity index (χ0v) is 21.6. The van der Waals surface area contributed by atoms with Crippen LogP contribution in [0.15, 0.2) is 84.9 Å². The Kier molecular flexibility index (Phi) is 8.63. The van der Waals surface area contributed by atoms with Gasteiger partial charge < -0.3 is 19.5 Å². The van der Waals surface area contributed by atoms with E-state index in [2.05, 4.69) is 0 Å². The molecule has 0 fully saturated rings. The first-order valence-electron chi connectivity index (χ1n) is 11.8. The predicted octanol–water partition coefficient (Wildman–Crippen LogP) is 7.16. The van der Waals surface area contributed by atoms with Gasteiger partial charge >= 0.3 is 5.97 Å². The molecule has 0 bridgehead atoms. The van der Waals surface area contributed by atoms with E-state index in [-0.39, 0.29) is 17.3 Å². The van der Waals surface area contributed by atoms with Crippen molar-refractivity contribution < 1.29 is 28.7 Å². The van der Waals surface area contributed by atoms with Gasteiger partial charge in [0.25, 0.3) is 5.69 Å². The number of benzene rings is 4. The molecule has 0 atom stereocenters. The number of nitrogens with zero attached hydrogens (tertiary/aromatic N) is 2. The summed E-state index contributed by atoms with van der Waals surface area (Å²) in [6.07, 6.45) is 0. The molecule has 0 spiro atoms. The summed E-state index contributed by atoms with van der Waals surface area (Å²) in [6.45, 7) is 1.71. The highest BCUT2D eigenvalue weighted by Gasteiger charge is 2.19. The molecule has 0 saturated carbocycles. The monoisotopic (exact) mass is 550 g/mol. The molecule has 0 heterocycles. The number of rotatable bonds is 11. The van der Waals surface area contributed by atoms with Crippen molar-refractivity contribution in [1.29, 1.82) is 0 Å². The van der Waals surface area contributed by atoms with Crippen molar-refractivity contribution in [2.75, 3.05) is 11.5 Å². The summed E-state index contributed by atoms with van der Waals surface area (Å²) in [4.78, 5) is 23.7. The van der Waals surface area contributed by atoms with E-state index in [0.717, 1.165) is 5.56 Å². The number of ether oxygens (including phenoxy) is 2. The Morgan fingerprint density at radius 2 is 1.69 bits per heavy atom. The van der Waals surface area contributed by atoms with E-state index < -0.39 is 23.3 Å². The van der Waals surface area contributed by atoms with Crippen molar-refractivity contribution in [2.45, 2.75) is 20.0 Å². The van der Waals surface area contributed by atoms with E-state index >= 15 is 0 Å².